The molecule has 1 fully saturated rings. The predicted octanol–water partition coefficient (Wildman–Crippen LogP) is 3.16. The van der Waals surface area contributed by atoms with Gasteiger partial charge in [-0.2, -0.15) is 0 Å². The highest BCUT2D eigenvalue weighted by atomic mass is 19.1. The summed E-state index contributed by atoms with van der Waals surface area (Å²) in [6, 6.07) is 14.9. The molecule has 1 aliphatic heterocycles. The van der Waals surface area contributed by atoms with Crippen LogP contribution in [-0.2, 0) is 20.9 Å². The summed E-state index contributed by atoms with van der Waals surface area (Å²) < 4.78 is 25.9. The average Bonchev–Trinajstić information content (AvgIpc) is 2.70. The van der Waals surface area contributed by atoms with E-state index in [0.29, 0.717) is 36.7 Å². The molecular weight excluding hydrogens is 373 g/mol. The number of nitrogen functional groups attached to an aromatic ring is 1. The van der Waals surface area contributed by atoms with Crippen LogP contribution >= 0.6 is 0 Å². The van der Waals surface area contributed by atoms with Gasteiger partial charge < -0.3 is 25.4 Å². The number of morpholine rings is 1. The monoisotopic (exact) mass is 401 g/mol. The molecule has 0 bridgehead atoms. The average molecular weight is 401 g/mol. The number of ether oxygens (including phenoxy) is 2. The maximum absolute atomic E-state index is 14.8. The number of carbonyl (C=O) groups is 1. The molecule has 1 saturated heterocycles. The van der Waals surface area contributed by atoms with E-state index in [9.17, 15) is 9.18 Å². The molecule has 29 heavy (non-hydrogen) atoms. The Kier molecular flexibility index (Phi) is 6.71. The van der Waals surface area contributed by atoms with Gasteiger partial charge in [-0.3, -0.25) is 4.79 Å². The van der Waals surface area contributed by atoms with E-state index in [1.165, 1.54) is 6.92 Å². The van der Waals surface area contributed by atoms with Gasteiger partial charge in [-0.25, -0.2) is 4.39 Å². The summed E-state index contributed by atoms with van der Waals surface area (Å²) in [5.74, 6) is -0.0942. The molecule has 7 heteroatoms. The fourth-order valence-electron chi connectivity index (χ4n) is 3.12. The molecule has 0 aromatic heterocycles. The van der Waals surface area contributed by atoms with Gasteiger partial charge in [0.25, 0.3) is 5.91 Å². The highest BCUT2D eigenvalue weighted by molar-refractivity contribution is 5.83. The van der Waals surface area contributed by atoms with Crippen LogP contribution in [0.25, 0.3) is 0 Å². The first kappa shape index (κ1) is 21.1. The molecular formula is C22H28FN3O3. The van der Waals surface area contributed by atoms with Crippen molar-refractivity contribution in [3.8, 4) is 0 Å². The predicted molar refractivity (Wildman–Crippen MR) is 111 cm³/mol. The van der Waals surface area contributed by atoms with Crippen LogP contribution in [0.15, 0.2) is 48.5 Å². The zero-order chi connectivity index (χ0) is 20.9. The largest absolute Gasteiger partial charge is 0.397 e. The molecule has 1 amide bonds. The number of hydrogen-bond donors (Lipinski definition) is 2. The summed E-state index contributed by atoms with van der Waals surface area (Å²) in [7, 11) is 1.75. The maximum Gasteiger partial charge on any atom is 0.256 e. The topological polar surface area (TPSA) is 76.8 Å². The van der Waals surface area contributed by atoms with Gasteiger partial charge in [-0.1, -0.05) is 36.4 Å². The smallest absolute Gasteiger partial charge is 0.256 e. The summed E-state index contributed by atoms with van der Waals surface area (Å²) in [5, 5.41) is 3.04. The number of carbonyl (C=O) groups excluding carboxylic acids is 1. The van der Waals surface area contributed by atoms with E-state index in [4.69, 9.17) is 15.2 Å². The summed E-state index contributed by atoms with van der Waals surface area (Å²) in [6.45, 7) is 2.92. The molecule has 2 unspecified atom stereocenters. The molecule has 156 valence electrons. The molecule has 0 radical (unpaired) electrons. The normalized spacial score (nSPS) is 19.1. The number of benzene rings is 2. The quantitative estimate of drug-likeness (QED) is 0.665. The third kappa shape index (κ3) is 5.68. The lowest BCUT2D eigenvalue weighted by molar-refractivity contribution is -0.151. The zero-order valence-corrected chi connectivity index (χ0v) is 16.9. The SMILES string of the molecule is CN1CCOC(c2ccc(NCC(C)(F)COCc3ccccc3)c(N)c2)C1=O. The van der Waals surface area contributed by atoms with E-state index < -0.39 is 11.8 Å². The van der Waals surface area contributed by atoms with Gasteiger partial charge in [0.2, 0.25) is 0 Å². The molecule has 2 aromatic carbocycles. The van der Waals surface area contributed by atoms with Gasteiger partial charge in [-0.05, 0) is 30.2 Å². The number of anilines is 2. The van der Waals surface area contributed by atoms with Gasteiger partial charge in [0, 0.05) is 13.6 Å². The number of nitrogens with zero attached hydrogens (tertiary/aromatic N) is 1. The van der Waals surface area contributed by atoms with Crippen LogP contribution in [0.3, 0.4) is 0 Å². The minimum Gasteiger partial charge on any atom is -0.397 e. The molecule has 3 rings (SSSR count). The van der Waals surface area contributed by atoms with Crippen LogP contribution in [0.1, 0.15) is 24.2 Å². The van der Waals surface area contributed by atoms with E-state index >= 15 is 0 Å². The molecule has 0 saturated carbocycles. The first-order valence-electron chi connectivity index (χ1n) is 9.66. The first-order chi connectivity index (χ1) is 13.9. The fraction of sp³-hybridized carbons (Fsp3) is 0.409. The zero-order valence-electron chi connectivity index (χ0n) is 16.9. The second-order valence-electron chi connectivity index (χ2n) is 7.60. The van der Waals surface area contributed by atoms with Crippen LogP contribution in [0.4, 0.5) is 15.8 Å². The molecule has 0 aliphatic carbocycles. The standard InChI is InChI=1S/C22H28FN3O3/c1-22(23,15-28-13-16-6-4-3-5-7-16)14-25-19-9-8-17(12-18(19)24)20-21(27)26(2)10-11-29-20/h3-9,12,20,25H,10-11,13-15,24H2,1-2H3. The Morgan fingerprint density at radius 1 is 1.31 bits per heavy atom. The highest BCUT2D eigenvalue weighted by Crippen LogP contribution is 2.29. The van der Waals surface area contributed by atoms with Gasteiger partial charge in [0.1, 0.15) is 5.67 Å². The fourth-order valence-corrected chi connectivity index (χ4v) is 3.12. The van der Waals surface area contributed by atoms with Gasteiger partial charge in [0.05, 0.1) is 37.7 Å². The second kappa shape index (κ2) is 9.24. The van der Waals surface area contributed by atoms with Gasteiger partial charge >= 0.3 is 0 Å². The molecule has 6 nitrogen and oxygen atoms in total. The van der Waals surface area contributed by atoms with Crippen molar-refractivity contribution in [2.24, 2.45) is 0 Å². The molecule has 1 heterocycles. The number of nitrogens with one attached hydrogen (secondary N) is 1. The third-order valence-corrected chi connectivity index (χ3v) is 4.85. The van der Waals surface area contributed by atoms with Crippen molar-refractivity contribution >= 4 is 17.3 Å². The van der Waals surface area contributed by atoms with Crippen molar-refractivity contribution in [1.29, 1.82) is 0 Å². The Labute approximate surface area is 170 Å². The molecule has 0 spiro atoms. The molecule has 3 N–H and O–H groups in total. The van der Waals surface area contributed by atoms with E-state index in [1.54, 1.807) is 30.1 Å². The molecule has 2 atom stereocenters. The number of alkyl halides is 1. The van der Waals surface area contributed by atoms with Crippen LogP contribution in [0.2, 0.25) is 0 Å². The lowest BCUT2D eigenvalue weighted by Crippen LogP contribution is -2.40. The highest BCUT2D eigenvalue weighted by Gasteiger charge is 2.29. The maximum atomic E-state index is 14.8. The Morgan fingerprint density at radius 2 is 2.07 bits per heavy atom. The lowest BCUT2D eigenvalue weighted by atomic mass is 10.0. The third-order valence-electron chi connectivity index (χ3n) is 4.85. The lowest BCUT2D eigenvalue weighted by Gasteiger charge is -2.30. The number of hydrogen-bond acceptors (Lipinski definition) is 5. The molecule has 1 aliphatic rings. The van der Waals surface area contributed by atoms with Crippen LogP contribution in [0.5, 0.6) is 0 Å². The van der Waals surface area contributed by atoms with Crippen molar-refractivity contribution < 1.29 is 18.7 Å². The Bertz CT molecular complexity index is 829. The summed E-state index contributed by atoms with van der Waals surface area (Å²) in [5.41, 5.74) is 7.29. The van der Waals surface area contributed by atoms with E-state index in [0.717, 1.165) is 5.56 Å². The van der Waals surface area contributed by atoms with Crippen molar-refractivity contribution in [2.75, 3.05) is 44.4 Å². The molecule has 2 aromatic rings. The van der Waals surface area contributed by atoms with Gasteiger partial charge in [-0.15, -0.1) is 0 Å². The Hall–Kier alpha value is -2.64. The van der Waals surface area contributed by atoms with Crippen molar-refractivity contribution in [2.45, 2.75) is 25.3 Å². The summed E-state index contributed by atoms with van der Waals surface area (Å²) in [4.78, 5) is 13.9. The van der Waals surface area contributed by atoms with Crippen molar-refractivity contribution in [3.05, 3.63) is 59.7 Å². The van der Waals surface area contributed by atoms with E-state index in [-0.39, 0.29) is 19.1 Å². The first-order valence-corrected chi connectivity index (χ1v) is 9.66. The number of amides is 1. The number of nitrogens with two attached hydrogens (primary N) is 1. The number of likely N-dealkylation sites (N-methyl/N-ethyl adjacent to an activating group) is 1. The van der Waals surface area contributed by atoms with Crippen molar-refractivity contribution in [1.82, 2.24) is 4.90 Å². The van der Waals surface area contributed by atoms with Crippen LogP contribution in [-0.4, -0.2) is 49.8 Å². The van der Waals surface area contributed by atoms with E-state index in [1.807, 2.05) is 30.3 Å². The summed E-state index contributed by atoms with van der Waals surface area (Å²) in [6.07, 6.45) is -0.650. The summed E-state index contributed by atoms with van der Waals surface area (Å²) >= 11 is 0. The van der Waals surface area contributed by atoms with Crippen LogP contribution in [0, 0.1) is 0 Å². The second-order valence-corrected chi connectivity index (χ2v) is 7.60. The Morgan fingerprint density at radius 3 is 2.79 bits per heavy atom. The van der Waals surface area contributed by atoms with Gasteiger partial charge in [0.15, 0.2) is 6.10 Å². The minimum atomic E-state index is -1.56. The van der Waals surface area contributed by atoms with Crippen LogP contribution < -0.4 is 11.1 Å². The number of halogens is 1. The minimum absolute atomic E-state index is 0.0381. The Balaban J connectivity index is 1.53. The van der Waals surface area contributed by atoms with E-state index in [2.05, 4.69) is 5.32 Å². The van der Waals surface area contributed by atoms with Crippen molar-refractivity contribution in [3.63, 3.8) is 0 Å². The number of rotatable bonds is 8.